The minimum absolute atomic E-state index is 0.264. The van der Waals surface area contributed by atoms with Crippen molar-refractivity contribution in [2.75, 3.05) is 6.54 Å². The first-order chi connectivity index (χ1) is 8.08. The molecule has 5 heteroatoms. The largest absolute Gasteiger partial charge is 0.437 e. The highest BCUT2D eigenvalue weighted by Gasteiger charge is 2.35. The standard InChI is InChI=1S/C12H12ClFN2O/c1-12(3-2-4-15-12)11-16-9-6-7(14)5-8(13)10(9)17-11/h5-6,15H,2-4H2,1H3. The van der Waals surface area contributed by atoms with Gasteiger partial charge in [-0.05, 0) is 32.4 Å². The molecule has 1 N–H and O–H groups in total. The van der Waals surface area contributed by atoms with E-state index in [9.17, 15) is 4.39 Å². The number of rotatable bonds is 1. The number of benzene rings is 1. The van der Waals surface area contributed by atoms with Crippen molar-refractivity contribution in [2.24, 2.45) is 0 Å². The number of fused-ring (bicyclic) bond motifs is 1. The molecule has 0 radical (unpaired) electrons. The summed E-state index contributed by atoms with van der Waals surface area (Å²) in [6.07, 6.45) is 2.04. The molecule has 1 aromatic carbocycles. The molecule has 2 aromatic rings. The van der Waals surface area contributed by atoms with Gasteiger partial charge in [-0.1, -0.05) is 11.6 Å². The Bertz CT molecular complexity index is 575. The van der Waals surface area contributed by atoms with Crippen molar-refractivity contribution in [3.05, 3.63) is 28.9 Å². The van der Waals surface area contributed by atoms with Gasteiger partial charge in [-0.25, -0.2) is 9.37 Å². The number of nitrogens with zero attached hydrogens (tertiary/aromatic N) is 1. The molecule has 0 aliphatic carbocycles. The van der Waals surface area contributed by atoms with Crippen molar-refractivity contribution in [1.82, 2.24) is 10.3 Å². The molecule has 1 unspecified atom stereocenters. The zero-order chi connectivity index (χ0) is 12.0. The third-order valence-corrected chi connectivity index (χ3v) is 3.53. The van der Waals surface area contributed by atoms with Crippen molar-refractivity contribution >= 4 is 22.7 Å². The lowest BCUT2D eigenvalue weighted by Gasteiger charge is -2.19. The van der Waals surface area contributed by atoms with Crippen LogP contribution in [0.5, 0.6) is 0 Å². The van der Waals surface area contributed by atoms with Gasteiger partial charge in [0.2, 0.25) is 5.89 Å². The van der Waals surface area contributed by atoms with E-state index in [1.54, 1.807) is 0 Å². The zero-order valence-electron chi connectivity index (χ0n) is 9.39. The highest BCUT2D eigenvalue weighted by Crippen LogP contribution is 2.34. The summed E-state index contributed by atoms with van der Waals surface area (Å²) in [5.74, 6) is 0.185. The maximum atomic E-state index is 13.2. The van der Waals surface area contributed by atoms with E-state index in [-0.39, 0.29) is 10.6 Å². The fourth-order valence-electron chi connectivity index (χ4n) is 2.27. The Balaban J connectivity index is 2.16. The lowest BCUT2D eigenvalue weighted by atomic mass is 10.0. The second-order valence-corrected chi connectivity index (χ2v) is 5.02. The summed E-state index contributed by atoms with van der Waals surface area (Å²) in [6, 6.07) is 2.58. The molecular weight excluding hydrogens is 243 g/mol. The Morgan fingerprint density at radius 2 is 2.35 bits per heavy atom. The van der Waals surface area contributed by atoms with E-state index in [1.807, 2.05) is 6.92 Å². The molecule has 3 nitrogen and oxygen atoms in total. The fraction of sp³-hybridized carbons (Fsp3) is 0.417. The quantitative estimate of drug-likeness (QED) is 0.849. The number of nitrogens with one attached hydrogen (secondary N) is 1. The molecule has 1 aliphatic rings. The summed E-state index contributed by atoms with van der Waals surface area (Å²) < 4.78 is 18.9. The molecule has 0 bridgehead atoms. The highest BCUT2D eigenvalue weighted by molar-refractivity contribution is 6.34. The van der Waals surface area contributed by atoms with Crippen molar-refractivity contribution in [1.29, 1.82) is 0 Å². The minimum Gasteiger partial charge on any atom is -0.437 e. The molecule has 0 saturated carbocycles. The second-order valence-electron chi connectivity index (χ2n) is 4.62. The van der Waals surface area contributed by atoms with Crippen LogP contribution in [0.25, 0.3) is 11.1 Å². The molecule has 1 fully saturated rings. The van der Waals surface area contributed by atoms with E-state index < -0.39 is 5.82 Å². The number of halogens is 2. The summed E-state index contributed by atoms with van der Waals surface area (Å²) in [4.78, 5) is 4.33. The first-order valence-electron chi connectivity index (χ1n) is 5.60. The minimum atomic E-state index is -0.396. The number of hydrogen-bond donors (Lipinski definition) is 1. The zero-order valence-corrected chi connectivity index (χ0v) is 10.1. The van der Waals surface area contributed by atoms with Gasteiger partial charge in [0.05, 0.1) is 10.6 Å². The van der Waals surface area contributed by atoms with Gasteiger partial charge in [0.25, 0.3) is 0 Å². The van der Waals surface area contributed by atoms with E-state index in [0.29, 0.717) is 17.0 Å². The Kier molecular flexibility index (Phi) is 2.38. The number of hydrogen-bond acceptors (Lipinski definition) is 3. The fourth-order valence-corrected chi connectivity index (χ4v) is 2.51. The van der Waals surface area contributed by atoms with Crippen LogP contribution in [0.3, 0.4) is 0 Å². The van der Waals surface area contributed by atoms with Crippen molar-refractivity contribution < 1.29 is 8.81 Å². The van der Waals surface area contributed by atoms with Crippen molar-refractivity contribution in [2.45, 2.75) is 25.3 Å². The average molecular weight is 255 g/mol. The van der Waals surface area contributed by atoms with Crippen LogP contribution in [0.2, 0.25) is 5.02 Å². The van der Waals surface area contributed by atoms with Crippen LogP contribution in [-0.2, 0) is 5.54 Å². The molecular formula is C12H12ClFN2O. The Hall–Kier alpha value is -1.13. The summed E-state index contributed by atoms with van der Waals surface area (Å²) in [5, 5.41) is 3.62. The maximum absolute atomic E-state index is 13.2. The van der Waals surface area contributed by atoms with E-state index in [1.165, 1.54) is 12.1 Å². The highest BCUT2D eigenvalue weighted by atomic mass is 35.5. The van der Waals surface area contributed by atoms with Gasteiger partial charge < -0.3 is 9.73 Å². The Morgan fingerprint density at radius 1 is 1.53 bits per heavy atom. The van der Waals surface area contributed by atoms with Crippen molar-refractivity contribution in [3.8, 4) is 0 Å². The van der Waals surface area contributed by atoms with E-state index >= 15 is 0 Å². The molecule has 1 aromatic heterocycles. The predicted octanol–water partition coefficient (Wildman–Crippen LogP) is 3.22. The first kappa shape index (κ1) is 11.0. The van der Waals surface area contributed by atoms with Gasteiger partial charge in [0.1, 0.15) is 11.3 Å². The first-order valence-corrected chi connectivity index (χ1v) is 5.97. The second kappa shape index (κ2) is 3.68. The molecule has 17 heavy (non-hydrogen) atoms. The molecule has 0 amide bonds. The molecule has 1 atom stereocenters. The van der Waals surface area contributed by atoms with E-state index in [4.69, 9.17) is 16.0 Å². The number of oxazole rings is 1. The summed E-state index contributed by atoms with van der Waals surface area (Å²) in [6.45, 7) is 2.98. The summed E-state index contributed by atoms with van der Waals surface area (Å²) in [7, 11) is 0. The van der Waals surface area contributed by atoms with Gasteiger partial charge in [-0.3, -0.25) is 0 Å². The smallest absolute Gasteiger partial charge is 0.215 e. The molecule has 2 heterocycles. The van der Waals surface area contributed by atoms with Gasteiger partial charge in [0, 0.05) is 6.07 Å². The third kappa shape index (κ3) is 1.72. The lowest BCUT2D eigenvalue weighted by Crippen LogP contribution is -2.33. The number of aromatic nitrogens is 1. The van der Waals surface area contributed by atoms with Crippen LogP contribution in [0, 0.1) is 5.82 Å². The van der Waals surface area contributed by atoms with Crippen LogP contribution in [-0.4, -0.2) is 11.5 Å². The molecule has 90 valence electrons. The van der Waals surface area contributed by atoms with Crippen molar-refractivity contribution in [3.63, 3.8) is 0 Å². The summed E-state index contributed by atoms with van der Waals surface area (Å²) in [5.41, 5.74) is 0.664. The van der Waals surface area contributed by atoms with E-state index in [2.05, 4.69) is 10.3 Å². The van der Waals surface area contributed by atoms with E-state index in [0.717, 1.165) is 19.4 Å². The van der Waals surface area contributed by atoms with Gasteiger partial charge in [-0.2, -0.15) is 0 Å². The Labute approximate surface area is 103 Å². The molecule has 1 aliphatic heterocycles. The predicted molar refractivity (Wildman–Crippen MR) is 63.6 cm³/mol. The third-order valence-electron chi connectivity index (χ3n) is 3.25. The normalized spacial score (nSPS) is 24.6. The van der Waals surface area contributed by atoms with Crippen LogP contribution in [0.1, 0.15) is 25.7 Å². The monoisotopic (exact) mass is 254 g/mol. The molecule has 3 rings (SSSR count). The van der Waals surface area contributed by atoms with Crippen LogP contribution in [0.4, 0.5) is 4.39 Å². The van der Waals surface area contributed by atoms with Gasteiger partial charge in [-0.15, -0.1) is 0 Å². The van der Waals surface area contributed by atoms with Crippen LogP contribution >= 0.6 is 11.6 Å². The van der Waals surface area contributed by atoms with Crippen LogP contribution < -0.4 is 5.32 Å². The Morgan fingerprint density at radius 3 is 3.06 bits per heavy atom. The lowest BCUT2D eigenvalue weighted by molar-refractivity contribution is 0.330. The van der Waals surface area contributed by atoms with Gasteiger partial charge >= 0.3 is 0 Å². The van der Waals surface area contributed by atoms with Crippen LogP contribution in [0.15, 0.2) is 16.5 Å². The summed E-state index contributed by atoms with van der Waals surface area (Å²) >= 11 is 5.93. The topological polar surface area (TPSA) is 38.1 Å². The maximum Gasteiger partial charge on any atom is 0.215 e. The average Bonchev–Trinajstić information content (AvgIpc) is 2.84. The SMILES string of the molecule is CC1(c2nc3cc(F)cc(Cl)c3o2)CCCN1. The van der Waals surface area contributed by atoms with Gasteiger partial charge in [0.15, 0.2) is 5.58 Å². The molecule has 0 spiro atoms. The molecule has 1 saturated heterocycles.